The molecule has 0 aliphatic rings. The molecule has 0 spiro atoms. The minimum absolute atomic E-state index is 0.0835. The topological polar surface area (TPSA) is 58.1 Å². The Morgan fingerprint density at radius 1 is 1.07 bits per heavy atom. The number of nitrogens with zero attached hydrogens (tertiary/aromatic N) is 3. The maximum atomic E-state index is 12.3. The molecule has 0 aliphatic carbocycles. The number of carbonyl (C=O) groups is 1. The summed E-state index contributed by atoms with van der Waals surface area (Å²) in [5.74, 6) is 1.44. The molecule has 1 heterocycles. The SMILES string of the molecule is CCCN(C)c1cc(Cl)nc(SCc2ccc(C(=O)NCc3ccccc3)cc2)n1. The summed E-state index contributed by atoms with van der Waals surface area (Å²) in [4.78, 5) is 23.3. The van der Waals surface area contributed by atoms with Crippen LogP contribution in [0.3, 0.4) is 0 Å². The number of carbonyl (C=O) groups excluding carboxylic acids is 1. The molecule has 5 nitrogen and oxygen atoms in total. The predicted octanol–water partition coefficient (Wildman–Crippen LogP) is 5.20. The molecule has 1 aromatic heterocycles. The van der Waals surface area contributed by atoms with Crippen molar-refractivity contribution in [3.05, 3.63) is 82.5 Å². The van der Waals surface area contributed by atoms with Crippen LogP contribution in [0.1, 0.15) is 34.8 Å². The summed E-state index contributed by atoms with van der Waals surface area (Å²) < 4.78 is 0. The smallest absolute Gasteiger partial charge is 0.251 e. The normalized spacial score (nSPS) is 10.6. The number of anilines is 1. The number of benzene rings is 2. The number of hydrogen-bond donors (Lipinski definition) is 1. The van der Waals surface area contributed by atoms with Crippen LogP contribution >= 0.6 is 23.4 Å². The van der Waals surface area contributed by atoms with E-state index in [1.54, 1.807) is 6.07 Å². The zero-order chi connectivity index (χ0) is 21.3. The fourth-order valence-electron chi connectivity index (χ4n) is 2.88. The summed E-state index contributed by atoms with van der Waals surface area (Å²) in [6, 6.07) is 19.2. The van der Waals surface area contributed by atoms with Gasteiger partial charge in [-0.1, -0.05) is 72.8 Å². The maximum absolute atomic E-state index is 12.3. The van der Waals surface area contributed by atoms with E-state index in [0.29, 0.717) is 28.2 Å². The Labute approximate surface area is 186 Å². The van der Waals surface area contributed by atoms with Gasteiger partial charge in [-0.25, -0.2) is 9.97 Å². The molecule has 0 atom stereocenters. The van der Waals surface area contributed by atoms with Crippen molar-refractivity contribution in [1.29, 1.82) is 0 Å². The number of rotatable bonds is 9. The lowest BCUT2D eigenvalue weighted by molar-refractivity contribution is 0.0951. The van der Waals surface area contributed by atoms with Crippen molar-refractivity contribution < 1.29 is 4.79 Å². The third-order valence-corrected chi connectivity index (χ3v) is 5.60. The Balaban J connectivity index is 1.56. The average Bonchev–Trinajstić information content (AvgIpc) is 2.77. The van der Waals surface area contributed by atoms with Crippen LogP contribution in [-0.4, -0.2) is 29.5 Å². The average molecular weight is 441 g/mol. The Morgan fingerprint density at radius 2 is 1.80 bits per heavy atom. The standard InChI is InChI=1S/C23H25ClN4OS/c1-3-13-28(2)21-14-20(24)26-23(27-21)30-16-18-9-11-19(12-10-18)22(29)25-15-17-7-5-4-6-8-17/h4-12,14H,3,13,15-16H2,1-2H3,(H,25,29). The van der Waals surface area contributed by atoms with E-state index in [0.717, 1.165) is 29.9 Å². The van der Waals surface area contributed by atoms with E-state index in [9.17, 15) is 4.79 Å². The first kappa shape index (κ1) is 22.1. The van der Waals surface area contributed by atoms with Crippen molar-refractivity contribution >= 4 is 35.1 Å². The van der Waals surface area contributed by atoms with Crippen LogP contribution < -0.4 is 10.2 Å². The van der Waals surface area contributed by atoms with Crippen molar-refractivity contribution in [2.75, 3.05) is 18.5 Å². The van der Waals surface area contributed by atoms with Gasteiger partial charge in [0.2, 0.25) is 0 Å². The molecule has 1 N–H and O–H groups in total. The van der Waals surface area contributed by atoms with Crippen LogP contribution in [0.5, 0.6) is 0 Å². The van der Waals surface area contributed by atoms with E-state index < -0.39 is 0 Å². The summed E-state index contributed by atoms with van der Waals surface area (Å²) in [6.07, 6.45) is 1.03. The molecule has 3 aromatic rings. The van der Waals surface area contributed by atoms with Gasteiger partial charge >= 0.3 is 0 Å². The molecule has 1 amide bonds. The van der Waals surface area contributed by atoms with Crippen LogP contribution in [0.2, 0.25) is 5.15 Å². The monoisotopic (exact) mass is 440 g/mol. The molecular weight excluding hydrogens is 416 g/mol. The van der Waals surface area contributed by atoms with Gasteiger partial charge in [0, 0.05) is 37.5 Å². The number of aromatic nitrogens is 2. The molecule has 30 heavy (non-hydrogen) atoms. The summed E-state index contributed by atoms with van der Waals surface area (Å²) in [5, 5.41) is 4.03. The van der Waals surface area contributed by atoms with Gasteiger partial charge in [-0.2, -0.15) is 0 Å². The first-order chi connectivity index (χ1) is 14.5. The minimum atomic E-state index is -0.0835. The highest BCUT2D eigenvalue weighted by Gasteiger charge is 2.09. The van der Waals surface area contributed by atoms with Gasteiger partial charge in [0.25, 0.3) is 5.91 Å². The van der Waals surface area contributed by atoms with E-state index >= 15 is 0 Å². The molecular formula is C23H25ClN4OS. The molecule has 0 aliphatic heterocycles. The van der Waals surface area contributed by atoms with Gasteiger partial charge in [-0.3, -0.25) is 4.79 Å². The zero-order valence-electron chi connectivity index (χ0n) is 17.1. The highest BCUT2D eigenvalue weighted by molar-refractivity contribution is 7.98. The lowest BCUT2D eigenvalue weighted by atomic mass is 10.1. The van der Waals surface area contributed by atoms with Gasteiger partial charge in [-0.05, 0) is 29.7 Å². The third kappa shape index (κ3) is 6.47. The van der Waals surface area contributed by atoms with Crippen molar-refractivity contribution in [1.82, 2.24) is 15.3 Å². The molecule has 156 valence electrons. The van der Waals surface area contributed by atoms with Gasteiger partial charge in [0.05, 0.1) is 0 Å². The number of amides is 1. The van der Waals surface area contributed by atoms with E-state index in [4.69, 9.17) is 11.6 Å². The van der Waals surface area contributed by atoms with E-state index in [2.05, 4.69) is 27.1 Å². The van der Waals surface area contributed by atoms with Gasteiger partial charge < -0.3 is 10.2 Å². The van der Waals surface area contributed by atoms with Crippen LogP contribution in [0.15, 0.2) is 65.8 Å². The highest BCUT2D eigenvalue weighted by atomic mass is 35.5. The molecule has 0 fully saturated rings. The molecule has 2 aromatic carbocycles. The first-order valence-corrected chi connectivity index (χ1v) is 11.2. The van der Waals surface area contributed by atoms with Crippen molar-refractivity contribution in [2.45, 2.75) is 30.8 Å². The van der Waals surface area contributed by atoms with Gasteiger partial charge in [-0.15, -0.1) is 0 Å². The van der Waals surface area contributed by atoms with Crippen molar-refractivity contribution in [3.63, 3.8) is 0 Å². The first-order valence-electron chi connectivity index (χ1n) is 9.84. The summed E-state index contributed by atoms with van der Waals surface area (Å²) in [5.41, 5.74) is 2.80. The zero-order valence-corrected chi connectivity index (χ0v) is 18.7. The highest BCUT2D eigenvalue weighted by Crippen LogP contribution is 2.24. The second-order valence-corrected chi connectivity index (χ2v) is 8.24. The fourth-order valence-corrected chi connectivity index (χ4v) is 3.91. The lowest BCUT2D eigenvalue weighted by Crippen LogP contribution is -2.22. The number of nitrogens with one attached hydrogen (secondary N) is 1. The molecule has 7 heteroatoms. The molecule has 3 rings (SSSR count). The van der Waals surface area contributed by atoms with Crippen LogP contribution in [0.4, 0.5) is 5.82 Å². The Bertz CT molecular complexity index is 967. The van der Waals surface area contributed by atoms with Crippen LogP contribution in [0.25, 0.3) is 0 Å². The summed E-state index contributed by atoms with van der Waals surface area (Å²) in [6.45, 7) is 3.55. The van der Waals surface area contributed by atoms with Gasteiger partial charge in [0.1, 0.15) is 11.0 Å². The maximum Gasteiger partial charge on any atom is 0.251 e. The molecule has 0 saturated heterocycles. The number of thioether (sulfide) groups is 1. The van der Waals surface area contributed by atoms with Crippen LogP contribution in [-0.2, 0) is 12.3 Å². The summed E-state index contributed by atoms with van der Waals surface area (Å²) >= 11 is 7.70. The predicted molar refractivity (Wildman–Crippen MR) is 124 cm³/mol. The minimum Gasteiger partial charge on any atom is -0.360 e. The second-order valence-electron chi connectivity index (χ2n) is 6.91. The Morgan fingerprint density at radius 3 is 2.50 bits per heavy atom. The van der Waals surface area contributed by atoms with Crippen molar-refractivity contribution in [2.24, 2.45) is 0 Å². The van der Waals surface area contributed by atoms with E-state index in [-0.39, 0.29) is 5.91 Å². The second kappa shape index (κ2) is 11.0. The molecule has 0 saturated carbocycles. The van der Waals surface area contributed by atoms with Crippen molar-refractivity contribution in [3.8, 4) is 0 Å². The molecule has 0 unspecified atom stereocenters. The lowest BCUT2D eigenvalue weighted by Gasteiger charge is -2.17. The third-order valence-electron chi connectivity index (χ3n) is 4.49. The quantitative estimate of drug-likeness (QED) is 0.281. The molecule has 0 radical (unpaired) electrons. The Kier molecular flexibility index (Phi) is 8.11. The summed E-state index contributed by atoms with van der Waals surface area (Å²) in [7, 11) is 2.00. The largest absolute Gasteiger partial charge is 0.360 e. The molecule has 0 bridgehead atoms. The fraction of sp³-hybridized carbons (Fsp3) is 0.261. The van der Waals surface area contributed by atoms with Crippen LogP contribution in [0, 0.1) is 0 Å². The van der Waals surface area contributed by atoms with Gasteiger partial charge in [0.15, 0.2) is 5.16 Å². The Hall–Kier alpha value is -2.57. The number of halogens is 1. The van der Waals surface area contributed by atoms with E-state index in [1.807, 2.05) is 61.6 Å². The van der Waals surface area contributed by atoms with E-state index in [1.165, 1.54) is 11.8 Å². The number of hydrogen-bond acceptors (Lipinski definition) is 5.